The van der Waals surface area contributed by atoms with Gasteiger partial charge >= 0.3 is 0 Å². The Morgan fingerprint density at radius 3 is 2.20 bits per heavy atom. The molecule has 0 aliphatic carbocycles. The van der Waals surface area contributed by atoms with Crippen molar-refractivity contribution < 1.29 is 13.5 Å². The first-order chi connectivity index (χ1) is 11.7. The predicted octanol–water partition coefficient (Wildman–Crippen LogP) is 5.09. The largest absolute Gasteiger partial charge is 0.488 e. The average molecular weight is 362 g/mol. The summed E-state index contributed by atoms with van der Waals surface area (Å²) in [6.45, 7) is 0.707. The zero-order valence-corrected chi connectivity index (χ0v) is 14.2. The summed E-state index contributed by atoms with van der Waals surface area (Å²) in [5, 5.41) is 0. The van der Waals surface area contributed by atoms with Crippen LogP contribution in [0.4, 0.5) is 8.78 Å². The molecule has 5 heteroatoms. The van der Waals surface area contributed by atoms with E-state index in [0.717, 1.165) is 17.2 Å². The molecule has 2 N–H and O–H groups in total. The van der Waals surface area contributed by atoms with Gasteiger partial charge in [-0.05, 0) is 29.3 Å². The van der Waals surface area contributed by atoms with Crippen molar-refractivity contribution in [3.05, 3.63) is 89.5 Å². The molecule has 0 amide bonds. The highest BCUT2D eigenvalue weighted by atomic mass is 35.5. The van der Waals surface area contributed by atoms with Crippen LogP contribution in [0.1, 0.15) is 11.1 Å². The van der Waals surface area contributed by atoms with E-state index in [9.17, 15) is 8.78 Å². The Morgan fingerprint density at radius 2 is 1.52 bits per heavy atom. The van der Waals surface area contributed by atoms with Crippen molar-refractivity contribution in [3.63, 3.8) is 0 Å². The maximum atomic E-state index is 14.1. The van der Waals surface area contributed by atoms with Gasteiger partial charge in [0.1, 0.15) is 24.0 Å². The minimum Gasteiger partial charge on any atom is -0.488 e. The van der Waals surface area contributed by atoms with Gasteiger partial charge in [-0.1, -0.05) is 42.5 Å². The second kappa shape index (κ2) is 8.60. The molecule has 0 aliphatic rings. The Hall–Kier alpha value is -2.43. The standard InChI is InChI=1S/C20H17F2NO.ClH/c21-16-7-9-17(19(22)11-16)18-8-6-15(12-23)10-20(18)24-13-14-4-2-1-3-5-14;/h1-11H,12-13,23H2;1H. The van der Waals surface area contributed by atoms with Crippen LogP contribution in [0.15, 0.2) is 66.7 Å². The van der Waals surface area contributed by atoms with E-state index in [4.69, 9.17) is 10.5 Å². The quantitative estimate of drug-likeness (QED) is 0.686. The molecule has 0 unspecified atom stereocenters. The third-order valence-corrected chi connectivity index (χ3v) is 3.74. The molecular formula is C20H18ClF2NO. The van der Waals surface area contributed by atoms with Gasteiger partial charge in [-0.3, -0.25) is 0 Å². The monoisotopic (exact) mass is 361 g/mol. The van der Waals surface area contributed by atoms with Crippen LogP contribution in [-0.2, 0) is 13.2 Å². The number of ether oxygens (including phenoxy) is 1. The third-order valence-electron chi connectivity index (χ3n) is 3.74. The fourth-order valence-corrected chi connectivity index (χ4v) is 2.48. The normalized spacial score (nSPS) is 10.2. The van der Waals surface area contributed by atoms with Gasteiger partial charge < -0.3 is 10.5 Å². The van der Waals surface area contributed by atoms with E-state index in [2.05, 4.69) is 0 Å². The van der Waals surface area contributed by atoms with Crippen molar-refractivity contribution in [2.45, 2.75) is 13.2 Å². The SMILES string of the molecule is Cl.NCc1ccc(-c2ccc(F)cc2F)c(OCc2ccccc2)c1. The van der Waals surface area contributed by atoms with E-state index in [0.29, 0.717) is 30.0 Å². The molecule has 25 heavy (non-hydrogen) atoms. The molecular weight excluding hydrogens is 344 g/mol. The molecule has 0 heterocycles. The Bertz CT molecular complexity index is 840. The molecule has 0 aliphatic heterocycles. The van der Waals surface area contributed by atoms with Crippen molar-refractivity contribution in [1.29, 1.82) is 0 Å². The van der Waals surface area contributed by atoms with E-state index in [1.165, 1.54) is 12.1 Å². The second-order valence-electron chi connectivity index (χ2n) is 5.43. The first kappa shape index (κ1) is 18.9. The van der Waals surface area contributed by atoms with Crippen LogP contribution >= 0.6 is 12.4 Å². The van der Waals surface area contributed by atoms with Gasteiger partial charge in [0, 0.05) is 23.7 Å². The van der Waals surface area contributed by atoms with Gasteiger partial charge in [0.15, 0.2) is 0 Å². The van der Waals surface area contributed by atoms with Gasteiger partial charge in [-0.15, -0.1) is 12.4 Å². The zero-order chi connectivity index (χ0) is 16.9. The molecule has 0 atom stereocenters. The van der Waals surface area contributed by atoms with Crippen LogP contribution in [0.2, 0.25) is 0 Å². The summed E-state index contributed by atoms with van der Waals surface area (Å²) in [6, 6.07) is 18.5. The topological polar surface area (TPSA) is 35.2 Å². The Labute approximate surface area is 151 Å². The Balaban J connectivity index is 0.00000225. The summed E-state index contributed by atoms with van der Waals surface area (Å²) in [5.41, 5.74) is 8.43. The van der Waals surface area contributed by atoms with Crippen molar-refractivity contribution in [2.75, 3.05) is 0 Å². The third kappa shape index (κ3) is 4.56. The molecule has 0 aromatic heterocycles. The van der Waals surface area contributed by atoms with E-state index in [-0.39, 0.29) is 12.4 Å². The molecule has 2 nitrogen and oxygen atoms in total. The van der Waals surface area contributed by atoms with Crippen molar-refractivity contribution in [3.8, 4) is 16.9 Å². The lowest BCUT2D eigenvalue weighted by Crippen LogP contribution is -2.01. The summed E-state index contributed by atoms with van der Waals surface area (Å²) in [7, 11) is 0. The van der Waals surface area contributed by atoms with E-state index in [1.807, 2.05) is 36.4 Å². The van der Waals surface area contributed by atoms with Crippen molar-refractivity contribution in [2.24, 2.45) is 5.73 Å². The van der Waals surface area contributed by atoms with E-state index in [1.54, 1.807) is 12.1 Å². The minimum atomic E-state index is -0.625. The second-order valence-corrected chi connectivity index (χ2v) is 5.43. The van der Waals surface area contributed by atoms with Crippen LogP contribution in [0.25, 0.3) is 11.1 Å². The molecule has 3 aromatic rings. The lowest BCUT2D eigenvalue weighted by atomic mass is 10.0. The molecule has 0 saturated heterocycles. The molecule has 130 valence electrons. The van der Waals surface area contributed by atoms with Crippen LogP contribution in [0.3, 0.4) is 0 Å². The van der Waals surface area contributed by atoms with E-state index < -0.39 is 11.6 Å². The molecule has 3 rings (SSSR count). The first-order valence-corrected chi connectivity index (χ1v) is 7.62. The Morgan fingerprint density at radius 1 is 0.800 bits per heavy atom. The highest BCUT2D eigenvalue weighted by molar-refractivity contribution is 5.85. The summed E-state index contributed by atoms with van der Waals surface area (Å²) >= 11 is 0. The van der Waals surface area contributed by atoms with E-state index >= 15 is 0 Å². The molecule has 0 fully saturated rings. The maximum absolute atomic E-state index is 14.1. The van der Waals surface area contributed by atoms with Crippen LogP contribution in [-0.4, -0.2) is 0 Å². The molecule has 0 radical (unpaired) electrons. The highest BCUT2D eigenvalue weighted by Crippen LogP contribution is 2.33. The lowest BCUT2D eigenvalue weighted by Gasteiger charge is -2.14. The van der Waals surface area contributed by atoms with Gasteiger partial charge in [-0.25, -0.2) is 8.78 Å². The maximum Gasteiger partial charge on any atom is 0.134 e. The molecule has 3 aromatic carbocycles. The summed E-state index contributed by atoms with van der Waals surface area (Å²) in [4.78, 5) is 0. The highest BCUT2D eigenvalue weighted by Gasteiger charge is 2.13. The van der Waals surface area contributed by atoms with Gasteiger partial charge in [0.05, 0.1) is 0 Å². The first-order valence-electron chi connectivity index (χ1n) is 7.62. The lowest BCUT2D eigenvalue weighted by molar-refractivity contribution is 0.307. The number of benzene rings is 3. The van der Waals surface area contributed by atoms with Crippen LogP contribution in [0.5, 0.6) is 5.75 Å². The smallest absolute Gasteiger partial charge is 0.134 e. The average Bonchev–Trinajstić information content (AvgIpc) is 2.61. The predicted molar refractivity (Wildman–Crippen MR) is 97.7 cm³/mol. The summed E-state index contributed by atoms with van der Waals surface area (Å²) in [6.07, 6.45) is 0. The molecule has 0 bridgehead atoms. The number of rotatable bonds is 5. The van der Waals surface area contributed by atoms with Crippen LogP contribution in [0, 0.1) is 11.6 Å². The summed E-state index contributed by atoms with van der Waals surface area (Å²) in [5.74, 6) is -0.714. The zero-order valence-electron chi connectivity index (χ0n) is 13.4. The number of hydrogen-bond acceptors (Lipinski definition) is 2. The van der Waals surface area contributed by atoms with Gasteiger partial charge in [-0.2, -0.15) is 0 Å². The molecule has 0 spiro atoms. The minimum absolute atomic E-state index is 0. The van der Waals surface area contributed by atoms with Crippen LogP contribution < -0.4 is 10.5 Å². The number of nitrogens with two attached hydrogens (primary N) is 1. The number of halogens is 3. The van der Waals surface area contributed by atoms with Gasteiger partial charge in [0.2, 0.25) is 0 Å². The van der Waals surface area contributed by atoms with Gasteiger partial charge in [0.25, 0.3) is 0 Å². The van der Waals surface area contributed by atoms with Crippen molar-refractivity contribution >= 4 is 12.4 Å². The number of hydrogen-bond donors (Lipinski definition) is 1. The fraction of sp³-hybridized carbons (Fsp3) is 0.100. The van der Waals surface area contributed by atoms with Crippen molar-refractivity contribution in [1.82, 2.24) is 0 Å². The Kier molecular flexibility index (Phi) is 6.51. The summed E-state index contributed by atoms with van der Waals surface area (Å²) < 4.78 is 33.2. The molecule has 0 saturated carbocycles. The fourth-order valence-electron chi connectivity index (χ4n) is 2.48.